The summed E-state index contributed by atoms with van der Waals surface area (Å²) >= 11 is 0. The van der Waals surface area contributed by atoms with Gasteiger partial charge in [-0.3, -0.25) is 9.59 Å². The second-order valence-corrected chi connectivity index (χ2v) is 7.00. The van der Waals surface area contributed by atoms with E-state index in [9.17, 15) is 9.59 Å². The monoisotopic (exact) mass is 348 g/mol. The van der Waals surface area contributed by atoms with E-state index in [1.807, 2.05) is 25.1 Å². The molecule has 0 bridgehead atoms. The zero-order valence-electron chi connectivity index (χ0n) is 15.3. The van der Waals surface area contributed by atoms with Crippen LogP contribution >= 0.6 is 0 Å². The van der Waals surface area contributed by atoms with E-state index in [4.69, 9.17) is 5.11 Å². The van der Waals surface area contributed by atoms with Gasteiger partial charge < -0.3 is 19.8 Å². The molecule has 1 aliphatic rings. The Morgan fingerprint density at radius 2 is 1.92 bits per heavy atom. The number of carboxylic acids is 1. The van der Waals surface area contributed by atoms with Crippen LogP contribution in [0.4, 0.5) is 5.82 Å². The van der Waals surface area contributed by atoms with Gasteiger partial charge in [-0.1, -0.05) is 6.92 Å². The third-order valence-corrected chi connectivity index (χ3v) is 4.53. The van der Waals surface area contributed by atoms with E-state index in [1.165, 1.54) is 4.90 Å². The number of carbonyl (C=O) groups excluding carboxylic acids is 1. The Labute approximate surface area is 149 Å². The van der Waals surface area contributed by atoms with Gasteiger partial charge in [0.1, 0.15) is 12.4 Å². The number of carboxylic acid groups (broad SMARTS) is 1. The van der Waals surface area contributed by atoms with Gasteiger partial charge in [0.25, 0.3) is 5.91 Å². The van der Waals surface area contributed by atoms with Gasteiger partial charge >= 0.3 is 5.97 Å². The zero-order chi connectivity index (χ0) is 18.4. The fourth-order valence-corrected chi connectivity index (χ4v) is 2.86. The van der Waals surface area contributed by atoms with Gasteiger partial charge in [0.05, 0.1) is 5.56 Å². The number of nitrogens with zero attached hydrogens (tertiary/aromatic N) is 4. The fraction of sp³-hybridized carbons (Fsp3) is 0.611. The molecule has 7 heteroatoms. The van der Waals surface area contributed by atoms with E-state index in [-0.39, 0.29) is 12.5 Å². The quantitative estimate of drug-likeness (QED) is 0.803. The molecular weight excluding hydrogens is 320 g/mol. The third kappa shape index (κ3) is 5.70. The zero-order valence-corrected chi connectivity index (χ0v) is 15.3. The van der Waals surface area contributed by atoms with Crippen molar-refractivity contribution >= 4 is 17.7 Å². The van der Waals surface area contributed by atoms with Crippen LogP contribution in [0.5, 0.6) is 0 Å². The maximum Gasteiger partial charge on any atom is 0.323 e. The van der Waals surface area contributed by atoms with Gasteiger partial charge in [-0.25, -0.2) is 4.98 Å². The average Bonchev–Trinajstić information content (AvgIpc) is 2.58. The molecule has 0 atom stereocenters. The highest BCUT2D eigenvalue weighted by Crippen LogP contribution is 2.21. The Balaban J connectivity index is 2.04. The smallest absolute Gasteiger partial charge is 0.323 e. The van der Waals surface area contributed by atoms with Crippen molar-refractivity contribution in [3.8, 4) is 0 Å². The molecule has 2 heterocycles. The molecule has 2 rings (SSSR count). The Kier molecular flexibility index (Phi) is 6.75. The predicted octanol–water partition coefficient (Wildman–Crippen LogP) is 1.41. The van der Waals surface area contributed by atoms with Gasteiger partial charge in [0.2, 0.25) is 0 Å². The summed E-state index contributed by atoms with van der Waals surface area (Å²) in [5.41, 5.74) is 0.425. The van der Waals surface area contributed by atoms with E-state index in [0.717, 1.165) is 37.7 Å². The maximum absolute atomic E-state index is 12.6. The Hall–Kier alpha value is -2.15. The van der Waals surface area contributed by atoms with Crippen LogP contribution in [0, 0.1) is 5.92 Å². The summed E-state index contributed by atoms with van der Waals surface area (Å²) in [6.45, 7) is 4.89. The summed E-state index contributed by atoms with van der Waals surface area (Å²) in [7, 11) is 3.78. The minimum Gasteiger partial charge on any atom is -0.480 e. The lowest BCUT2D eigenvalue weighted by Crippen LogP contribution is -2.40. The van der Waals surface area contributed by atoms with Crippen molar-refractivity contribution in [2.75, 3.05) is 51.7 Å². The second kappa shape index (κ2) is 8.80. The van der Waals surface area contributed by atoms with E-state index in [0.29, 0.717) is 18.7 Å². The normalized spacial score (nSPS) is 15.4. The van der Waals surface area contributed by atoms with Crippen molar-refractivity contribution in [3.05, 3.63) is 23.9 Å². The Morgan fingerprint density at radius 3 is 2.44 bits per heavy atom. The summed E-state index contributed by atoms with van der Waals surface area (Å²) in [5.74, 6) is 0.314. The number of pyridine rings is 1. The topological polar surface area (TPSA) is 77.0 Å². The van der Waals surface area contributed by atoms with Crippen LogP contribution in [0.25, 0.3) is 0 Å². The number of hydrogen-bond donors (Lipinski definition) is 1. The molecule has 1 amide bonds. The van der Waals surface area contributed by atoms with Gasteiger partial charge in [0.15, 0.2) is 0 Å². The van der Waals surface area contributed by atoms with Crippen LogP contribution in [0.2, 0.25) is 0 Å². The van der Waals surface area contributed by atoms with E-state index < -0.39 is 5.97 Å². The van der Waals surface area contributed by atoms with Crippen LogP contribution in [0.1, 0.15) is 30.1 Å². The predicted molar refractivity (Wildman–Crippen MR) is 96.9 cm³/mol. The highest BCUT2D eigenvalue weighted by molar-refractivity contribution is 5.95. The van der Waals surface area contributed by atoms with Crippen LogP contribution in [-0.4, -0.2) is 78.6 Å². The largest absolute Gasteiger partial charge is 0.480 e. The molecule has 1 aliphatic heterocycles. The molecule has 1 fully saturated rings. The van der Waals surface area contributed by atoms with E-state index in [2.05, 4.69) is 16.8 Å². The molecule has 1 aromatic heterocycles. The van der Waals surface area contributed by atoms with Crippen molar-refractivity contribution in [3.63, 3.8) is 0 Å². The first-order valence-electron chi connectivity index (χ1n) is 8.73. The molecule has 0 unspecified atom stereocenters. The summed E-state index contributed by atoms with van der Waals surface area (Å²) in [5, 5.41) is 9.05. The van der Waals surface area contributed by atoms with E-state index in [1.54, 1.807) is 12.3 Å². The van der Waals surface area contributed by atoms with Crippen molar-refractivity contribution in [2.45, 2.75) is 19.8 Å². The van der Waals surface area contributed by atoms with E-state index >= 15 is 0 Å². The molecular formula is C18H28N4O3. The van der Waals surface area contributed by atoms with Crippen LogP contribution in [0.15, 0.2) is 18.3 Å². The minimum atomic E-state index is -1.01. The molecule has 1 aromatic rings. The lowest BCUT2D eigenvalue weighted by atomic mass is 9.99. The molecule has 0 saturated carbocycles. The molecule has 25 heavy (non-hydrogen) atoms. The summed E-state index contributed by atoms with van der Waals surface area (Å²) < 4.78 is 0. The van der Waals surface area contributed by atoms with Crippen molar-refractivity contribution in [1.29, 1.82) is 0 Å². The second-order valence-electron chi connectivity index (χ2n) is 7.00. The molecule has 138 valence electrons. The summed E-state index contributed by atoms with van der Waals surface area (Å²) in [6.07, 6.45) is 3.86. The minimum absolute atomic E-state index is 0.296. The fourth-order valence-electron chi connectivity index (χ4n) is 2.86. The number of amides is 1. The van der Waals surface area contributed by atoms with Gasteiger partial charge in [-0.2, -0.15) is 0 Å². The van der Waals surface area contributed by atoms with Gasteiger partial charge in [0, 0.05) is 32.4 Å². The number of piperidine rings is 1. The van der Waals surface area contributed by atoms with Crippen LogP contribution < -0.4 is 4.90 Å². The number of anilines is 1. The van der Waals surface area contributed by atoms with Gasteiger partial charge in [-0.05, 0) is 45.0 Å². The number of rotatable bonds is 7. The lowest BCUT2D eigenvalue weighted by molar-refractivity contribution is -0.137. The molecule has 0 aliphatic carbocycles. The first-order valence-corrected chi connectivity index (χ1v) is 8.73. The molecule has 1 N–H and O–H groups in total. The standard InChI is InChI=1S/C18H28N4O3/c1-14-6-8-21(9-7-14)16-5-4-15(12-19-16)18(25)22(13-17(23)24)11-10-20(2)3/h4-5,12,14H,6-11,13H2,1-3H3,(H,23,24). The number of carbonyl (C=O) groups is 2. The highest BCUT2D eigenvalue weighted by Gasteiger charge is 2.20. The molecule has 1 saturated heterocycles. The van der Waals surface area contributed by atoms with Crippen LogP contribution in [0.3, 0.4) is 0 Å². The molecule has 0 radical (unpaired) electrons. The van der Waals surface area contributed by atoms with Crippen molar-refractivity contribution < 1.29 is 14.7 Å². The SMILES string of the molecule is CC1CCN(c2ccc(C(=O)N(CCN(C)C)CC(=O)O)cn2)CC1. The Morgan fingerprint density at radius 1 is 1.24 bits per heavy atom. The summed E-state index contributed by atoms with van der Waals surface area (Å²) in [6, 6.07) is 3.60. The molecule has 0 spiro atoms. The van der Waals surface area contributed by atoms with Crippen molar-refractivity contribution in [2.24, 2.45) is 5.92 Å². The Bertz CT molecular complexity index is 580. The first-order chi connectivity index (χ1) is 11.9. The molecule has 0 aromatic carbocycles. The number of aliphatic carboxylic acids is 1. The van der Waals surface area contributed by atoms with Gasteiger partial charge in [-0.15, -0.1) is 0 Å². The number of hydrogen-bond acceptors (Lipinski definition) is 5. The number of aromatic nitrogens is 1. The molecule has 7 nitrogen and oxygen atoms in total. The van der Waals surface area contributed by atoms with Crippen molar-refractivity contribution in [1.82, 2.24) is 14.8 Å². The first kappa shape index (κ1) is 19.2. The summed E-state index contributed by atoms with van der Waals surface area (Å²) in [4.78, 5) is 33.6. The third-order valence-electron chi connectivity index (χ3n) is 4.53. The van der Waals surface area contributed by atoms with Crippen LogP contribution in [-0.2, 0) is 4.79 Å². The number of likely N-dealkylation sites (N-methyl/N-ethyl adjacent to an activating group) is 1. The average molecular weight is 348 g/mol. The lowest BCUT2D eigenvalue weighted by Gasteiger charge is -2.31. The highest BCUT2D eigenvalue weighted by atomic mass is 16.4. The maximum atomic E-state index is 12.6.